The summed E-state index contributed by atoms with van der Waals surface area (Å²) in [7, 11) is 0. The molecule has 1 saturated heterocycles. The Kier molecular flexibility index (Phi) is 5.59. The van der Waals surface area contributed by atoms with Crippen molar-refractivity contribution in [1.82, 2.24) is 10.2 Å². The van der Waals surface area contributed by atoms with Gasteiger partial charge < -0.3 is 15.0 Å². The molecule has 1 N–H and O–H groups in total. The Balaban J connectivity index is 1.84. The maximum absolute atomic E-state index is 11.6. The number of carbonyl (C=O) groups is 1. The van der Waals surface area contributed by atoms with Crippen LogP contribution in [0.1, 0.15) is 25.3 Å². The lowest BCUT2D eigenvalue weighted by Gasteiger charge is -2.22. The van der Waals surface area contributed by atoms with Crippen LogP contribution in [0.2, 0.25) is 0 Å². The van der Waals surface area contributed by atoms with E-state index in [-0.39, 0.29) is 18.6 Å². The molecule has 1 fully saturated rings. The highest BCUT2D eigenvalue weighted by Gasteiger charge is 2.21. The highest BCUT2D eigenvalue weighted by molar-refractivity contribution is 5.78. The number of benzene rings is 1. The van der Waals surface area contributed by atoms with Crippen LogP contribution in [0.25, 0.3) is 0 Å². The monoisotopic (exact) mass is 287 g/mol. The number of likely N-dealkylation sites (tertiary alicyclic amines) is 1. The van der Waals surface area contributed by atoms with Crippen LogP contribution in [-0.4, -0.2) is 36.5 Å². The molecule has 1 aliphatic rings. The fourth-order valence-electron chi connectivity index (χ4n) is 2.48. The lowest BCUT2D eigenvalue weighted by molar-refractivity contribution is -0.127. The van der Waals surface area contributed by atoms with Crippen LogP contribution in [0.15, 0.2) is 24.3 Å². The van der Waals surface area contributed by atoms with Gasteiger partial charge in [-0.1, -0.05) is 18.2 Å². The van der Waals surface area contributed by atoms with Crippen molar-refractivity contribution in [3.63, 3.8) is 0 Å². The van der Waals surface area contributed by atoms with Crippen molar-refractivity contribution < 1.29 is 9.53 Å². The van der Waals surface area contributed by atoms with Gasteiger partial charge in [-0.05, 0) is 19.4 Å². The van der Waals surface area contributed by atoms with Crippen molar-refractivity contribution in [1.29, 1.82) is 5.26 Å². The van der Waals surface area contributed by atoms with E-state index >= 15 is 0 Å². The molecule has 1 amide bonds. The molecular formula is C16H21N3O2. The molecule has 0 saturated carbocycles. The predicted molar refractivity (Wildman–Crippen MR) is 79.7 cm³/mol. The Bertz CT molecular complexity index is 524. The van der Waals surface area contributed by atoms with Gasteiger partial charge >= 0.3 is 0 Å². The van der Waals surface area contributed by atoms with Gasteiger partial charge in [0.15, 0.2) is 6.61 Å². The Morgan fingerprint density at radius 3 is 3.00 bits per heavy atom. The number of nitrogens with one attached hydrogen (secondary N) is 1. The second kappa shape index (κ2) is 7.65. The minimum absolute atomic E-state index is 0.0504. The molecule has 21 heavy (non-hydrogen) atoms. The molecule has 0 aliphatic carbocycles. The molecule has 0 bridgehead atoms. The van der Waals surface area contributed by atoms with Crippen molar-refractivity contribution in [2.24, 2.45) is 0 Å². The van der Waals surface area contributed by atoms with E-state index in [1.165, 1.54) is 0 Å². The van der Waals surface area contributed by atoms with Crippen molar-refractivity contribution >= 4 is 5.91 Å². The van der Waals surface area contributed by atoms with E-state index in [2.05, 4.69) is 12.2 Å². The maximum atomic E-state index is 11.6. The van der Waals surface area contributed by atoms with Gasteiger partial charge in [-0.15, -0.1) is 0 Å². The molecule has 1 unspecified atom stereocenters. The molecule has 0 aromatic heterocycles. The van der Waals surface area contributed by atoms with Crippen molar-refractivity contribution in [2.75, 3.05) is 19.7 Å². The van der Waals surface area contributed by atoms with Crippen molar-refractivity contribution in [3.8, 4) is 11.8 Å². The summed E-state index contributed by atoms with van der Waals surface area (Å²) < 4.78 is 5.40. The summed E-state index contributed by atoms with van der Waals surface area (Å²) in [5, 5.41) is 12.0. The number of ether oxygens (including phenoxy) is 1. The number of para-hydroxylation sites is 1. The molecule has 1 aromatic rings. The van der Waals surface area contributed by atoms with Gasteiger partial charge in [0.2, 0.25) is 5.91 Å². The second-order valence-corrected chi connectivity index (χ2v) is 5.28. The molecular weight excluding hydrogens is 266 g/mol. The number of rotatable bonds is 7. The van der Waals surface area contributed by atoms with E-state index in [1.54, 1.807) is 0 Å². The van der Waals surface area contributed by atoms with E-state index in [4.69, 9.17) is 10.00 Å². The molecule has 112 valence electrons. The summed E-state index contributed by atoms with van der Waals surface area (Å²) >= 11 is 0. The van der Waals surface area contributed by atoms with Gasteiger partial charge in [0.1, 0.15) is 11.8 Å². The molecule has 1 heterocycles. The van der Waals surface area contributed by atoms with Gasteiger partial charge in [0.05, 0.1) is 0 Å². The Labute approximate surface area is 125 Å². The summed E-state index contributed by atoms with van der Waals surface area (Å²) in [5.74, 6) is 0.984. The van der Waals surface area contributed by atoms with E-state index in [0.717, 1.165) is 30.8 Å². The van der Waals surface area contributed by atoms with Crippen molar-refractivity contribution in [3.05, 3.63) is 29.8 Å². The largest absolute Gasteiger partial charge is 0.478 e. The highest BCUT2D eigenvalue weighted by atomic mass is 16.5. The van der Waals surface area contributed by atoms with E-state index < -0.39 is 0 Å². The first-order valence-electron chi connectivity index (χ1n) is 7.29. The average molecular weight is 287 g/mol. The van der Waals surface area contributed by atoms with Crippen LogP contribution in [-0.2, 0) is 11.3 Å². The third-order valence-corrected chi connectivity index (χ3v) is 3.57. The van der Waals surface area contributed by atoms with Gasteiger partial charge in [0.25, 0.3) is 0 Å². The number of carbonyl (C=O) groups excluding carboxylic acids is 1. The SMILES string of the molecule is CC(CN1CCCC1=O)NCc1ccccc1OCC#N. The van der Waals surface area contributed by atoms with Gasteiger partial charge in [-0.3, -0.25) is 4.79 Å². The van der Waals surface area contributed by atoms with Gasteiger partial charge in [-0.2, -0.15) is 5.26 Å². The third-order valence-electron chi connectivity index (χ3n) is 3.57. The topological polar surface area (TPSA) is 65.4 Å². The standard InChI is InChI=1S/C16H21N3O2/c1-13(12-19-9-4-7-16(19)20)18-11-14-5-2-3-6-15(14)21-10-8-17/h2-3,5-6,13,18H,4,7,9-12H2,1H3. The normalized spacial score (nSPS) is 15.8. The first-order chi connectivity index (χ1) is 10.2. The minimum atomic E-state index is 0.0504. The zero-order valence-electron chi connectivity index (χ0n) is 12.3. The minimum Gasteiger partial charge on any atom is -0.478 e. The highest BCUT2D eigenvalue weighted by Crippen LogP contribution is 2.18. The van der Waals surface area contributed by atoms with Crippen LogP contribution < -0.4 is 10.1 Å². The Hall–Kier alpha value is -2.06. The van der Waals surface area contributed by atoms with Gasteiger partial charge in [0, 0.05) is 37.7 Å². The molecule has 0 spiro atoms. The second-order valence-electron chi connectivity index (χ2n) is 5.28. The first kappa shape index (κ1) is 15.3. The van der Waals surface area contributed by atoms with Crippen LogP contribution in [0.4, 0.5) is 0 Å². The lowest BCUT2D eigenvalue weighted by Crippen LogP contribution is -2.39. The maximum Gasteiger partial charge on any atom is 0.222 e. The number of nitrogens with zero attached hydrogens (tertiary/aromatic N) is 2. The first-order valence-corrected chi connectivity index (χ1v) is 7.29. The summed E-state index contributed by atoms with van der Waals surface area (Å²) in [5.41, 5.74) is 1.02. The summed E-state index contributed by atoms with van der Waals surface area (Å²) in [6, 6.07) is 9.88. The molecule has 1 aliphatic heterocycles. The molecule has 5 heteroatoms. The van der Waals surface area contributed by atoms with Crippen LogP contribution in [0.5, 0.6) is 5.75 Å². The smallest absolute Gasteiger partial charge is 0.222 e. The van der Waals surface area contributed by atoms with Crippen LogP contribution >= 0.6 is 0 Å². The fourth-order valence-corrected chi connectivity index (χ4v) is 2.48. The number of nitriles is 1. The Morgan fingerprint density at radius 2 is 2.29 bits per heavy atom. The molecule has 5 nitrogen and oxygen atoms in total. The Morgan fingerprint density at radius 1 is 1.48 bits per heavy atom. The quantitative estimate of drug-likeness (QED) is 0.829. The van der Waals surface area contributed by atoms with Gasteiger partial charge in [-0.25, -0.2) is 0 Å². The van der Waals surface area contributed by atoms with E-state index in [1.807, 2.05) is 35.2 Å². The molecule has 1 aromatic carbocycles. The van der Waals surface area contributed by atoms with Crippen LogP contribution in [0.3, 0.4) is 0 Å². The summed E-state index contributed by atoms with van der Waals surface area (Å²) in [4.78, 5) is 13.5. The van der Waals surface area contributed by atoms with Crippen LogP contribution in [0, 0.1) is 11.3 Å². The summed E-state index contributed by atoms with van der Waals surface area (Å²) in [6.07, 6.45) is 1.65. The van der Waals surface area contributed by atoms with E-state index in [9.17, 15) is 4.79 Å². The van der Waals surface area contributed by atoms with Crippen molar-refractivity contribution in [2.45, 2.75) is 32.4 Å². The fraction of sp³-hybridized carbons (Fsp3) is 0.500. The zero-order valence-corrected chi connectivity index (χ0v) is 12.3. The number of amides is 1. The number of hydrogen-bond donors (Lipinski definition) is 1. The molecule has 1 atom stereocenters. The summed E-state index contributed by atoms with van der Waals surface area (Å²) in [6.45, 7) is 4.39. The third kappa shape index (κ3) is 4.47. The van der Waals surface area contributed by atoms with E-state index in [0.29, 0.717) is 13.0 Å². The number of hydrogen-bond acceptors (Lipinski definition) is 4. The molecule has 2 rings (SSSR count). The predicted octanol–water partition coefficient (Wildman–Crippen LogP) is 1.69. The zero-order chi connectivity index (χ0) is 15.1. The average Bonchev–Trinajstić information content (AvgIpc) is 2.89. The molecule has 0 radical (unpaired) electrons. The lowest BCUT2D eigenvalue weighted by atomic mass is 10.2.